The smallest absolute Gasteiger partial charge is 0.256 e. The molecule has 0 fully saturated rings. The third kappa shape index (κ3) is 3.21. The Kier molecular flexibility index (Phi) is 4.22. The summed E-state index contributed by atoms with van der Waals surface area (Å²) in [5.74, 6) is 1.48. The Hall–Kier alpha value is -3.05. The van der Waals surface area contributed by atoms with Gasteiger partial charge in [0.15, 0.2) is 0 Å². The number of fused-ring (bicyclic) bond motifs is 1. The molecule has 0 saturated carbocycles. The van der Waals surface area contributed by atoms with Crippen LogP contribution in [0.25, 0.3) is 11.6 Å². The summed E-state index contributed by atoms with van der Waals surface area (Å²) in [5, 5.41) is 3.43. The van der Waals surface area contributed by atoms with Gasteiger partial charge in [-0.2, -0.15) is 0 Å². The molecule has 0 bridgehead atoms. The largest absolute Gasteiger partial charge is 0.486 e. The van der Waals surface area contributed by atoms with Gasteiger partial charge in [-0.05, 0) is 35.9 Å². The molecule has 3 aromatic rings. The molecule has 5 nitrogen and oxygen atoms in total. The van der Waals surface area contributed by atoms with Gasteiger partial charge in [-0.1, -0.05) is 29.8 Å². The normalized spacial score (nSPS) is 14.4. The fourth-order valence-electron chi connectivity index (χ4n) is 2.82. The number of halogens is 1. The Morgan fingerprint density at radius 1 is 1.23 bits per heavy atom. The van der Waals surface area contributed by atoms with Gasteiger partial charge in [-0.15, -0.1) is 0 Å². The third-order valence-corrected chi connectivity index (χ3v) is 4.48. The number of hydrogen-bond acceptors (Lipinski definition) is 3. The van der Waals surface area contributed by atoms with Crippen molar-refractivity contribution in [3.8, 4) is 5.75 Å². The van der Waals surface area contributed by atoms with Gasteiger partial charge in [0, 0.05) is 35.6 Å². The number of benzene rings is 2. The second-order valence-corrected chi connectivity index (χ2v) is 6.45. The molecule has 2 heterocycles. The highest BCUT2D eigenvalue weighted by molar-refractivity contribution is 6.36. The lowest BCUT2D eigenvalue weighted by atomic mass is 10.0. The van der Waals surface area contributed by atoms with Crippen molar-refractivity contribution < 1.29 is 9.53 Å². The minimum Gasteiger partial charge on any atom is -0.486 e. The van der Waals surface area contributed by atoms with Crippen LogP contribution < -0.4 is 10.1 Å². The van der Waals surface area contributed by atoms with Crippen LogP contribution in [0.1, 0.15) is 17.0 Å². The molecule has 0 saturated heterocycles. The molecule has 4 rings (SSSR count). The fourth-order valence-corrected chi connectivity index (χ4v) is 2.99. The standard InChI is InChI=1S/C20H16ClN3O2/c1-24-9-8-22-19(24)12-26-15-5-2-13(3-6-15)10-17-16-7-4-14(21)11-18(16)23-20(17)25/h2-11H,12H2,1H3,(H,23,25)/b17-10+. The van der Waals surface area contributed by atoms with Crippen molar-refractivity contribution in [2.75, 3.05) is 5.32 Å². The lowest BCUT2D eigenvalue weighted by molar-refractivity contribution is -0.110. The van der Waals surface area contributed by atoms with Crippen LogP contribution in [0.15, 0.2) is 54.9 Å². The quantitative estimate of drug-likeness (QED) is 0.707. The maximum atomic E-state index is 12.2. The highest BCUT2D eigenvalue weighted by Crippen LogP contribution is 2.35. The van der Waals surface area contributed by atoms with Gasteiger partial charge in [-0.3, -0.25) is 4.79 Å². The highest BCUT2D eigenvalue weighted by atomic mass is 35.5. The van der Waals surface area contributed by atoms with E-state index < -0.39 is 0 Å². The summed E-state index contributed by atoms with van der Waals surface area (Å²) in [6.07, 6.45) is 5.48. The zero-order chi connectivity index (χ0) is 18.1. The van der Waals surface area contributed by atoms with Crippen molar-refractivity contribution in [1.82, 2.24) is 9.55 Å². The number of aromatic nitrogens is 2. The molecule has 0 aliphatic carbocycles. The van der Waals surface area contributed by atoms with Gasteiger partial charge in [0.25, 0.3) is 5.91 Å². The number of anilines is 1. The molecular formula is C20H16ClN3O2. The number of carbonyl (C=O) groups excluding carboxylic acids is 1. The molecule has 0 unspecified atom stereocenters. The van der Waals surface area contributed by atoms with Crippen molar-refractivity contribution in [2.45, 2.75) is 6.61 Å². The Morgan fingerprint density at radius 3 is 2.77 bits per heavy atom. The van der Waals surface area contributed by atoms with Crippen LogP contribution in [-0.4, -0.2) is 15.5 Å². The molecule has 0 spiro atoms. The van der Waals surface area contributed by atoms with Crippen molar-refractivity contribution in [3.05, 3.63) is 76.8 Å². The van der Waals surface area contributed by atoms with Crippen LogP contribution in [0.5, 0.6) is 5.75 Å². The van der Waals surface area contributed by atoms with Gasteiger partial charge < -0.3 is 14.6 Å². The Morgan fingerprint density at radius 2 is 2.04 bits per heavy atom. The van der Waals surface area contributed by atoms with E-state index in [1.807, 2.05) is 54.2 Å². The molecule has 1 N–H and O–H groups in total. The fraction of sp³-hybridized carbons (Fsp3) is 0.100. The number of carbonyl (C=O) groups is 1. The number of nitrogens with one attached hydrogen (secondary N) is 1. The van der Waals surface area contributed by atoms with Crippen LogP contribution in [-0.2, 0) is 18.4 Å². The molecule has 130 valence electrons. The van der Waals surface area contributed by atoms with Gasteiger partial charge >= 0.3 is 0 Å². The maximum Gasteiger partial charge on any atom is 0.256 e. The first-order valence-corrected chi connectivity index (χ1v) is 8.50. The van der Waals surface area contributed by atoms with E-state index in [9.17, 15) is 4.79 Å². The zero-order valence-corrected chi connectivity index (χ0v) is 14.8. The lowest BCUT2D eigenvalue weighted by Gasteiger charge is -2.06. The van der Waals surface area contributed by atoms with E-state index in [1.54, 1.807) is 18.3 Å². The number of rotatable bonds is 4. The number of ether oxygens (including phenoxy) is 1. The summed E-state index contributed by atoms with van der Waals surface area (Å²) in [6, 6.07) is 13.0. The van der Waals surface area contributed by atoms with Crippen molar-refractivity contribution >= 4 is 34.8 Å². The van der Waals surface area contributed by atoms with Crippen molar-refractivity contribution in [2.24, 2.45) is 7.05 Å². The molecule has 1 aromatic heterocycles. The molecule has 6 heteroatoms. The topological polar surface area (TPSA) is 56.2 Å². The molecular weight excluding hydrogens is 350 g/mol. The Bertz CT molecular complexity index is 1010. The molecule has 1 aliphatic rings. The van der Waals surface area contributed by atoms with E-state index in [0.717, 1.165) is 28.4 Å². The van der Waals surface area contributed by atoms with Gasteiger partial charge in [0.1, 0.15) is 18.2 Å². The first kappa shape index (κ1) is 16.4. The van der Waals surface area contributed by atoms with E-state index in [0.29, 0.717) is 17.2 Å². The average Bonchev–Trinajstić information content (AvgIpc) is 3.17. The van der Waals surface area contributed by atoms with E-state index in [2.05, 4.69) is 10.3 Å². The van der Waals surface area contributed by atoms with Crippen molar-refractivity contribution in [3.63, 3.8) is 0 Å². The second kappa shape index (κ2) is 6.69. The first-order valence-electron chi connectivity index (χ1n) is 8.12. The number of hydrogen-bond donors (Lipinski definition) is 1. The van der Waals surface area contributed by atoms with Gasteiger partial charge in [0.2, 0.25) is 0 Å². The SMILES string of the molecule is Cn1ccnc1COc1ccc(/C=C2/C(=O)Nc3cc(Cl)ccc32)cc1. The van der Waals surface area contributed by atoms with Gasteiger partial charge in [-0.25, -0.2) is 4.98 Å². The number of nitrogens with zero attached hydrogens (tertiary/aromatic N) is 2. The van der Waals surface area contributed by atoms with Crippen LogP contribution in [0.3, 0.4) is 0 Å². The van der Waals surface area contributed by atoms with E-state index in [4.69, 9.17) is 16.3 Å². The van der Waals surface area contributed by atoms with Crippen LogP contribution >= 0.6 is 11.6 Å². The summed E-state index contributed by atoms with van der Waals surface area (Å²) in [4.78, 5) is 16.5. The molecule has 26 heavy (non-hydrogen) atoms. The van der Waals surface area contributed by atoms with Crippen LogP contribution in [0.4, 0.5) is 5.69 Å². The predicted octanol–water partition coefficient (Wildman–Crippen LogP) is 4.15. The van der Waals surface area contributed by atoms with Crippen molar-refractivity contribution in [1.29, 1.82) is 0 Å². The average molecular weight is 366 g/mol. The van der Waals surface area contributed by atoms with Crippen LogP contribution in [0.2, 0.25) is 5.02 Å². The summed E-state index contributed by atoms with van der Waals surface area (Å²) in [5.41, 5.74) is 3.14. The predicted molar refractivity (Wildman–Crippen MR) is 102 cm³/mol. The number of aryl methyl sites for hydroxylation is 1. The van der Waals surface area contributed by atoms with Crippen LogP contribution in [0, 0.1) is 0 Å². The number of imidazole rings is 1. The van der Waals surface area contributed by atoms with Gasteiger partial charge in [0.05, 0.1) is 5.69 Å². The number of amides is 1. The highest BCUT2D eigenvalue weighted by Gasteiger charge is 2.23. The molecule has 1 amide bonds. The first-order chi connectivity index (χ1) is 12.6. The summed E-state index contributed by atoms with van der Waals surface area (Å²) < 4.78 is 7.67. The van der Waals surface area contributed by atoms with E-state index >= 15 is 0 Å². The zero-order valence-electron chi connectivity index (χ0n) is 14.1. The summed E-state index contributed by atoms with van der Waals surface area (Å²) in [6.45, 7) is 0.403. The maximum absolute atomic E-state index is 12.2. The molecule has 0 atom stereocenters. The lowest BCUT2D eigenvalue weighted by Crippen LogP contribution is -2.03. The second-order valence-electron chi connectivity index (χ2n) is 6.01. The van der Waals surface area contributed by atoms with E-state index in [-0.39, 0.29) is 5.91 Å². The van der Waals surface area contributed by atoms with E-state index in [1.165, 1.54) is 0 Å². The third-order valence-electron chi connectivity index (χ3n) is 4.24. The molecule has 1 aliphatic heterocycles. The Labute approximate surface area is 155 Å². The summed E-state index contributed by atoms with van der Waals surface area (Å²) in [7, 11) is 1.93. The minimum atomic E-state index is -0.127. The Balaban J connectivity index is 1.52. The molecule has 2 aromatic carbocycles. The minimum absolute atomic E-state index is 0.127. The monoisotopic (exact) mass is 365 g/mol. The summed E-state index contributed by atoms with van der Waals surface area (Å²) >= 11 is 5.98. The molecule has 0 radical (unpaired) electrons.